The Bertz CT molecular complexity index is 669. The van der Waals surface area contributed by atoms with Crippen molar-refractivity contribution in [1.82, 2.24) is 0 Å². The van der Waals surface area contributed by atoms with Crippen LogP contribution in [0.25, 0.3) is 0 Å². The smallest absolute Gasteiger partial charge is 0.265 e. The van der Waals surface area contributed by atoms with Gasteiger partial charge >= 0.3 is 0 Å². The van der Waals surface area contributed by atoms with Gasteiger partial charge in [0.2, 0.25) is 0 Å². The van der Waals surface area contributed by atoms with Crippen molar-refractivity contribution in [2.75, 3.05) is 31.3 Å². The molecule has 0 aliphatic carbocycles. The zero-order valence-corrected chi connectivity index (χ0v) is 13.0. The summed E-state index contributed by atoms with van der Waals surface area (Å²) >= 11 is 0. The Morgan fingerprint density at radius 3 is 2.52 bits per heavy atom. The molecule has 2 aromatic carbocycles. The van der Waals surface area contributed by atoms with Crippen molar-refractivity contribution < 1.29 is 19.0 Å². The number of anilines is 1. The zero-order chi connectivity index (χ0) is 16.1. The first-order valence-electron chi connectivity index (χ1n) is 7.66. The number of amides is 1. The van der Waals surface area contributed by atoms with Gasteiger partial charge in [-0.05, 0) is 43.3 Å². The van der Waals surface area contributed by atoms with E-state index in [0.29, 0.717) is 25.5 Å². The molecule has 0 bridgehead atoms. The van der Waals surface area contributed by atoms with Crippen LogP contribution in [0.15, 0.2) is 48.5 Å². The average molecular weight is 313 g/mol. The number of hydrogen-bond donors (Lipinski definition) is 0. The van der Waals surface area contributed by atoms with Gasteiger partial charge in [-0.15, -0.1) is 0 Å². The summed E-state index contributed by atoms with van der Waals surface area (Å²) in [5, 5.41) is 0. The van der Waals surface area contributed by atoms with Crippen LogP contribution in [0.3, 0.4) is 0 Å². The minimum Gasteiger partial charge on any atom is -0.494 e. The van der Waals surface area contributed by atoms with Crippen LogP contribution in [-0.2, 0) is 4.79 Å². The van der Waals surface area contributed by atoms with Gasteiger partial charge in [-0.25, -0.2) is 0 Å². The first-order chi connectivity index (χ1) is 11.3. The van der Waals surface area contributed by atoms with Crippen LogP contribution in [0.5, 0.6) is 17.2 Å². The monoisotopic (exact) mass is 313 g/mol. The molecule has 2 aromatic rings. The summed E-state index contributed by atoms with van der Waals surface area (Å²) in [6.07, 6.45) is 0. The average Bonchev–Trinajstić information content (AvgIpc) is 2.60. The second-order valence-electron chi connectivity index (χ2n) is 5.05. The summed E-state index contributed by atoms with van der Waals surface area (Å²) in [4.78, 5) is 14.1. The van der Waals surface area contributed by atoms with Crippen LogP contribution >= 0.6 is 0 Å². The SMILES string of the molecule is CCOc1ccc(OCC(=O)N2CCOc3ccccc32)cc1. The molecule has 23 heavy (non-hydrogen) atoms. The molecule has 1 aliphatic heterocycles. The molecule has 5 nitrogen and oxygen atoms in total. The number of carbonyl (C=O) groups excluding carboxylic acids is 1. The molecule has 0 radical (unpaired) electrons. The Kier molecular flexibility index (Phi) is 4.66. The standard InChI is InChI=1S/C18H19NO4/c1-2-21-14-7-9-15(10-8-14)23-13-18(20)19-11-12-22-17-6-4-3-5-16(17)19/h3-10H,2,11-13H2,1H3. The molecule has 0 spiro atoms. The lowest BCUT2D eigenvalue weighted by Gasteiger charge is -2.29. The first-order valence-corrected chi connectivity index (χ1v) is 7.66. The maximum Gasteiger partial charge on any atom is 0.265 e. The Morgan fingerprint density at radius 2 is 1.78 bits per heavy atom. The minimum absolute atomic E-state index is 0.0116. The third-order valence-electron chi connectivity index (χ3n) is 3.53. The highest BCUT2D eigenvalue weighted by atomic mass is 16.5. The molecule has 0 atom stereocenters. The van der Waals surface area contributed by atoms with E-state index >= 15 is 0 Å². The van der Waals surface area contributed by atoms with Gasteiger partial charge in [0.1, 0.15) is 23.9 Å². The van der Waals surface area contributed by atoms with Crippen LogP contribution < -0.4 is 19.1 Å². The van der Waals surface area contributed by atoms with E-state index < -0.39 is 0 Å². The van der Waals surface area contributed by atoms with Crippen LogP contribution in [0.1, 0.15) is 6.92 Å². The second-order valence-corrected chi connectivity index (χ2v) is 5.05. The summed E-state index contributed by atoms with van der Waals surface area (Å²) in [6, 6.07) is 14.8. The molecule has 0 saturated heterocycles. The molecule has 1 aliphatic rings. The molecule has 0 aromatic heterocycles. The molecule has 1 amide bonds. The minimum atomic E-state index is -0.0883. The summed E-state index contributed by atoms with van der Waals surface area (Å²) in [5.41, 5.74) is 0.791. The predicted octanol–water partition coefficient (Wildman–Crippen LogP) is 2.89. The summed E-state index contributed by atoms with van der Waals surface area (Å²) in [6.45, 7) is 3.56. The molecule has 0 unspecified atom stereocenters. The van der Waals surface area contributed by atoms with Gasteiger partial charge in [0.05, 0.1) is 18.8 Å². The first kappa shape index (κ1) is 15.2. The fourth-order valence-corrected chi connectivity index (χ4v) is 2.45. The number of rotatable bonds is 5. The molecule has 0 fully saturated rings. The molecular formula is C18H19NO4. The molecule has 0 N–H and O–H groups in total. The van der Waals surface area contributed by atoms with E-state index in [2.05, 4.69) is 0 Å². The molecule has 0 saturated carbocycles. The molecular weight excluding hydrogens is 294 g/mol. The quantitative estimate of drug-likeness (QED) is 0.851. The van der Waals surface area contributed by atoms with E-state index in [1.54, 1.807) is 17.0 Å². The third kappa shape index (κ3) is 3.56. The highest BCUT2D eigenvalue weighted by molar-refractivity contribution is 5.96. The fraction of sp³-hybridized carbons (Fsp3) is 0.278. The molecule has 5 heteroatoms. The van der Waals surface area contributed by atoms with E-state index in [9.17, 15) is 4.79 Å². The number of fused-ring (bicyclic) bond motifs is 1. The lowest BCUT2D eigenvalue weighted by atomic mass is 10.2. The molecule has 120 valence electrons. The summed E-state index contributed by atoms with van der Waals surface area (Å²) in [5.74, 6) is 2.07. The largest absolute Gasteiger partial charge is 0.494 e. The van der Waals surface area contributed by atoms with Gasteiger partial charge in [0, 0.05) is 0 Å². The number of hydrogen-bond acceptors (Lipinski definition) is 4. The predicted molar refractivity (Wildman–Crippen MR) is 87.4 cm³/mol. The Morgan fingerprint density at radius 1 is 1.09 bits per heavy atom. The van der Waals surface area contributed by atoms with Gasteiger partial charge < -0.3 is 19.1 Å². The van der Waals surface area contributed by atoms with Crippen molar-refractivity contribution >= 4 is 11.6 Å². The van der Waals surface area contributed by atoms with E-state index in [1.807, 2.05) is 43.3 Å². The van der Waals surface area contributed by atoms with Crippen LogP contribution in [0.4, 0.5) is 5.69 Å². The van der Waals surface area contributed by atoms with Gasteiger partial charge in [-0.2, -0.15) is 0 Å². The van der Waals surface area contributed by atoms with Crippen LogP contribution in [-0.4, -0.2) is 32.3 Å². The lowest BCUT2D eigenvalue weighted by molar-refractivity contribution is -0.120. The fourth-order valence-electron chi connectivity index (χ4n) is 2.45. The van der Waals surface area contributed by atoms with Gasteiger partial charge in [0.15, 0.2) is 6.61 Å². The van der Waals surface area contributed by atoms with Crippen LogP contribution in [0.2, 0.25) is 0 Å². The van der Waals surface area contributed by atoms with Gasteiger partial charge in [-0.3, -0.25) is 4.79 Å². The van der Waals surface area contributed by atoms with Crippen molar-refractivity contribution in [3.8, 4) is 17.2 Å². The summed E-state index contributed by atoms with van der Waals surface area (Å²) < 4.78 is 16.5. The topological polar surface area (TPSA) is 48.0 Å². The van der Waals surface area contributed by atoms with E-state index in [4.69, 9.17) is 14.2 Å². The van der Waals surface area contributed by atoms with Crippen molar-refractivity contribution in [2.45, 2.75) is 6.92 Å². The number of ether oxygens (including phenoxy) is 3. The Labute approximate surface area is 135 Å². The van der Waals surface area contributed by atoms with Crippen molar-refractivity contribution in [3.05, 3.63) is 48.5 Å². The maximum absolute atomic E-state index is 12.4. The third-order valence-corrected chi connectivity index (χ3v) is 3.53. The highest BCUT2D eigenvalue weighted by Crippen LogP contribution is 2.31. The molecule has 1 heterocycles. The Balaban J connectivity index is 1.62. The van der Waals surface area contributed by atoms with Gasteiger partial charge in [-0.1, -0.05) is 12.1 Å². The zero-order valence-electron chi connectivity index (χ0n) is 13.0. The lowest BCUT2D eigenvalue weighted by Crippen LogP contribution is -2.40. The van der Waals surface area contributed by atoms with Gasteiger partial charge in [0.25, 0.3) is 5.91 Å². The van der Waals surface area contributed by atoms with E-state index in [-0.39, 0.29) is 12.5 Å². The number of para-hydroxylation sites is 2. The summed E-state index contributed by atoms with van der Waals surface area (Å²) in [7, 11) is 0. The normalized spacial score (nSPS) is 13.0. The maximum atomic E-state index is 12.4. The molecule has 3 rings (SSSR count). The van der Waals surface area contributed by atoms with E-state index in [0.717, 1.165) is 17.2 Å². The second kappa shape index (κ2) is 7.05. The Hall–Kier alpha value is -2.69. The van der Waals surface area contributed by atoms with E-state index in [1.165, 1.54) is 0 Å². The van der Waals surface area contributed by atoms with Crippen LogP contribution in [0, 0.1) is 0 Å². The number of nitrogens with zero attached hydrogens (tertiary/aromatic N) is 1. The van der Waals surface area contributed by atoms with Crippen molar-refractivity contribution in [2.24, 2.45) is 0 Å². The highest BCUT2D eigenvalue weighted by Gasteiger charge is 2.23. The number of carbonyl (C=O) groups is 1. The number of benzene rings is 2. The van der Waals surface area contributed by atoms with Crippen molar-refractivity contribution in [3.63, 3.8) is 0 Å². The van der Waals surface area contributed by atoms with Crippen molar-refractivity contribution in [1.29, 1.82) is 0 Å².